The number of aromatic carboxylic acids is 1. The van der Waals surface area contributed by atoms with Gasteiger partial charge in [0, 0.05) is 0 Å². The molecule has 0 aliphatic carbocycles. The van der Waals surface area contributed by atoms with Crippen LogP contribution in [0.2, 0.25) is 0 Å². The molecule has 0 aliphatic heterocycles. The molecular formula is C12H14N2O5S2. The highest BCUT2D eigenvalue weighted by Gasteiger charge is 2.25. The molecule has 0 bridgehead atoms. The number of oxazole rings is 1. The molecule has 0 radical (unpaired) electrons. The Bertz CT molecular complexity index is 775. The topological polar surface area (TPSA) is 110 Å². The fourth-order valence-corrected chi connectivity index (χ4v) is 4.30. The highest BCUT2D eigenvalue weighted by molar-refractivity contribution is 7.91. The van der Waals surface area contributed by atoms with E-state index in [0.717, 1.165) is 0 Å². The van der Waals surface area contributed by atoms with Crippen molar-refractivity contribution in [1.29, 1.82) is 0 Å². The van der Waals surface area contributed by atoms with Crippen molar-refractivity contribution in [3.8, 4) is 0 Å². The number of rotatable bonds is 5. The number of nitrogens with one attached hydrogen (secondary N) is 1. The summed E-state index contributed by atoms with van der Waals surface area (Å²) in [5, 5.41) is 8.98. The zero-order chi connectivity index (χ0) is 15.8. The monoisotopic (exact) mass is 330 g/mol. The van der Waals surface area contributed by atoms with E-state index >= 15 is 0 Å². The van der Waals surface area contributed by atoms with E-state index in [2.05, 4.69) is 9.71 Å². The van der Waals surface area contributed by atoms with E-state index in [1.54, 1.807) is 20.8 Å². The lowest BCUT2D eigenvalue weighted by Gasteiger charge is -2.09. The molecule has 2 heterocycles. The minimum atomic E-state index is -3.83. The van der Waals surface area contributed by atoms with Gasteiger partial charge in [-0.3, -0.25) is 0 Å². The van der Waals surface area contributed by atoms with Crippen LogP contribution in [0.1, 0.15) is 39.9 Å². The molecule has 0 aromatic carbocycles. The second-order valence-electron chi connectivity index (χ2n) is 4.53. The quantitative estimate of drug-likeness (QED) is 0.868. The molecule has 0 saturated carbocycles. The fraction of sp³-hybridized carbons (Fsp3) is 0.333. The van der Waals surface area contributed by atoms with Gasteiger partial charge in [-0.1, -0.05) is 0 Å². The molecule has 2 N–H and O–H groups in total. The molecule has 0 fully saturated rings. The van der Waals surface area contributed by atoms with Gasteiger partial charge in [-0.05, 0) is 32.4 Å². The number of thiophene rings is 1. The van der Waals surface area contributed by atoms with E-state index < -0.39 is 22.0 Å². The average molecular weight is 330 g/mol. The summed E-state index contributed by atoms with van der Waals surface area (Å²) in [6.45, 7) is 4.86. The molecule has 7 nitrogen and oxygen atoms in total. The normalized spacial score (nSPS) is 13.3. The molecule has 2 aromatic heterocycles. The van der Waals surface area contributed by atoms with Gasteiger partial charge in [0.15, 0.2) is 0 Å². The summed E-state index contributed by atoms with van der Waals surface area (Å²) in [6, 6.07) is 0.684. The molecule has 2 rings (SSSR count). The number of sulfonamides is 1. The Labute approximate surface area is 125 Å². The molecule has 2 aromatic rings. The maximum absolute atomic E-state index is 12.2. The predicted molar refractivity (Wildman–Crippen MR) is 76.0 cm³/mol. The fourth-order valence-electron chi connectivity index (χ4n) is 1.71. The van der Waals surface area contributed by atoms with Gasteiger partial charge in [0.1, 0.15) is 14.8 Å². The Hall–Kier alpha value is -1.71. The molecule has 1 unspecified atom stereocenters. The van der Waals surface area contributed by atoms with Crippen LogP contribution in [0.5, 0.6) is 0 Å². The number of aromatic nitrogens is 1. The van der Waals surface area contributed by atoms with E-state index in [4.69, 9.17) is 9.52 Å². The van der Waals surface area contributed by atoms with Crippen LogP contribution in [0, 0.1) is 13.8 Å². The van der Waals surface area contributed by atoms with Gasteiger partial charge in [0.05, 0.1) is 12.2 Å². The summed E-state index contributed by atoms with van der Waals surface area (Å²) in [6.07, 6.45) is 1.50. The predicted octanol–water partition coefficient (Wildman–Crippen LogP) is 2.09. The molecule has 114 valence electrons. The highest BCUT2D eigenvalue weighted by atomic mass is 32.2. The van der Waals surface area contributed by atoms with E-state index in [0.29, 0.717) is 22.7 Å². The average Bonchev–Trinajstić information content (AvgIpc) is 2.95. The van der Waals surface area contributed by atoms with Crippen LogP contribution < -0.4 is 4.72 Å². The molecule has 0 amide bonds. The third kappa shape index (κ3) is 3.31. The van der Waals surface area contributed by atoms with Crippen molar-refractivity contribution in [3.63, 3.8) is 0 Å². The van der Waals surface area contributed by atoms with Crippen molar-refractivity contribution in [2.45, 2.75) is 31.0 Å². The first-order valence-corrected chi connectivity index (χ1v) is 8.29. The number of carbonyl (C=O) groups is 1. The molecule has 0 aliphatic rings. The van der Waals surface area contributed by atoms with Crippen molar-refractivity contribution in [2.75, 3.05) is 0 Å². The molecule has 9 heteroatoms. The number of carboxylic acids is 1. The van der Waals surface area contributed by atoms with Crippen LogP contribution in [-0.4, -0.2) is 24.5 Å². The number of aryl methyl sites for hydroxylation is 2. The molecule has 1 atom stereocenters. The second kappa shape index (κ2) is 5.58. The lowest BCUT2D eigenvalue weighted by molar-refractivity contribution is 0.0701. The van der Waals surface area contributed by atoms with Gasteiger partial charge in [-0.15, -0.1) is 11.3 Å². The Balaban J connectivity index is 2.26. The van der Waals surface area contributed by atoms with Crippen molar-refractivity contribution in [1.82, 2.24) is 9.71 Å². The van der Waals surface area contributed by atoms with Crippen LogP contribution in [0.15, 0.2) is 20.9 Å². The molecular weight excluding hydrogens is 316 g/mol. The zero-order valence-corrected chi connectivity index (χ0v) is 13.2. The van der Waals surface area contributed by atoms with Crippen LogP contribution in [0.3, 0.4) is 0 Å². The molecule has 0 saturated heterocycles. The van der Waals surface area contributed by atoms with Gasteiger partial charge in [-0.25, -0.2) is 18.2 Å². The number of hydrogen-bond donors (Lipinski definition) is 2. The summed E-state index contributed by atoms with van der Waals surface area (Å²) < 4.78 is 32.1. The van der Waals surface area contributed by atoms with E-state index in [1.165, 1.54) is 12.3 Å². The summed E-state index contributed by atoms with van der Waals surface area (Å²) >= 11 is 0.716. The Kier molecular flexibility index (Phi) is 4.17. The van der Waals surface area contributed by atoms with E-state index in [1.807, 2.05) is 0 Å². The van der Waals surface area contributed by atoms with Gasteiger partial charge in [-0.2, -0.15) is 4.72 Å². The van der Waals surface area contributed by atoms with Crippen molar-refractivity contribution in [3.05, 3.63) is 34.4 Å². The number of nitrogens with zero attached hydrogens (tertiary/aromatic N) is 1. The summed E-state index contributed by atoms with van der Waals surface area (Å²) in [7, 11) is -3.83. The first-order valence-electron chi connectivity index (χ1n) is 5.99. The van der Waals surface area contributed by atoms with Gasteiger partial charge >= 0.3 is 5.97 Å². The van der Waals surface area contributed by atoms with Gasteiger partial charge in [0.25, 0.3) is 10.0 Å². The SMILES string of the molecule is Cc1cnc(C(C)NS(=O)(=O)c2cc(C)c(C(=O)O)s2)o1. The van der Waals surface area contributed by atoms with Crippen LogP contribution >= 0.6 is 11.3 Å². The minimum Gasteiger partial charge on any atom is -0.477 e. The van der Waals surface area contributed by atoms with E-state index in [9.17, 15) is 13.2 Å². The third-order valence-electron chi connectivity index (χ3n) is 2.70. The maximum atomic E-state index is 12.2. The first-order chi connectivity index (χ1) is 9.70. The Morgan fingerprint density at radius 2 is 2.14 bits per heavy atom. The van der Waals surface area contributed by atoms with Crippen molar-refractivity contribution >= 4 is 27.3 Å². The second-order valence-corrected chi connectivity index (χ2v) is 7.53. The smallest absolute Gasteiger partial charge is 0.346 e. The van der Waals surface area contributed by atoms with Crippen molar-refractivity contribution < 1.29 is 22.7 Å². The van der Waals surface area contributed by atoms with Crippen molar-refractivity contribution in [2.24, 2.45) is 0 Å². The highest BCUT2D eigenvalue weighted by Crippen LogP contribution is 2.27. The van der Waals surface area contributed by atoms with Crippen LogP contribution in [-0.2, 0) is 10.0 Å². The third-order valence-corrected chi connectivity index (χ3v) is 5.94. The Morgan fingerprint density at radius 3 is 2.62 bits per heavy atom. The standard InChI is InChI=1S/C12H14N2O5S2/c1-6-4-9(20-10(6)12(15)16)21(17,18)14-8(3)11-13-5-7(2)19-11/h4-5,8,14H,1-3H3,(H,15,16). The molecule has 21 heavy (non-hydrogen) atoms. The zero-order valence-electron chi connectivity index (χ0n) is 11.6. The molecule has 0 spiro atoms. The number of hydrogen-bond acceptors (Lipinski definition) is 6. The van der Waals surface area contributed by atoms with Crippen LogP contribution in [0.4, 0.5) is 0 Å². The maximum Gasteiger partial charge on any atom is 0.346 e. The summed E-state index contributed by atoms with van der Waals surface area (Å²) in [5.74, 6) is -0.311. The van der Waals surface area contributed by atoms with Gasteiger partial charge < -0.3 is 9.52 Å². The number of carboxylic acid groups (broad SMARTS) is 1. The minimum absolute atomic E-state index is 0.00926. The van der Waals surface area contributed by atoms with E-state index in [-0.39, 0.29) is 15.0 Å². The van der Waals surface area contributed by atoms with Gasteiger partial charge in [0.2, 0.25) is 5.89 Å². The largest absolute Gasteiger partial charge is 0.477 e. The Morgan fingerprint density at radius 1 is 1.48 bits per heavy atom. The lowest BCUT2D eigenvalue weighted by Crippen LogP contribution is -2.26. The first kappa shape index (κ1) is 15.7. The lowest BCUT2D eigenvalue weighted by atomic mass is 10.3. The summed E-state index contributed by atoms with van der Waals surface area (Å²) in [5.41, 5.74) is 0.410. The summed E-state index contributed by atoms with van der Waals surface area (Å²) in [4.78, 5) is 14.9. The van der Waals surface area contributed by atoms with Crippen LogP contribution in [0.25, 0.3) is 0 Å².